The highest BCUT2D eigenvalue weighted by molar-refractivity contribution is 6.32. The van der Waals surface area contributed by atoms with Crippen LogP contribution in [0, 0.1) is 5.92 Å². The molecule has 0 unspecified atom stereocenters. The zero-order chi connectivity index (χ0) is 15.0. The van der Waals surface area contributed by atoms with Crippen molar-refractivity contribution in [2.24, 2.45) is 5.92 Å². The maximum Gasteiger partial charge on any atom is 0.179 e. The SMILES string of the molecule is COc1cc(C=O)cc(Cl)c1OCCOCCC(C)C. The fraction of sp³-hybridized carbons (Fsp3) is 0.533. The van der Waals surface area contributed by atoms with Crippen LogP contribution in [-0.2, 0) is 4.74 Å². The van der Waals surface area contributed by atoms with Crippen molar-refractivity contribution in [3.63, 3.8) is 0 Å². The Morgan fingerprint density at radius 2 is 2.00 bits per heavy atom. The molecule has 5 heteroatoms. The first kappa shape index (κ1) is 16.8. The standard InChI is InChI=1S/C15H21ClO4/c1-11(2)4-5-19-6-7-20-15-13(16)8-12(10-17)9-14(15)18-3/h8-11H,4-7H2,1-3H3. The first-order valence-electron chi connectivity index (χ1n) is 6.61. The van der Waals surface area contributed by atoms with Gasteiger partial charge in [0, 0.05) is 12.2 Å². The van der Waals surface area contributed by atoms with E-state index in [-0.39, 0.29) is 0 Å². The molecule has 112 valence electrons. The van der Waals surface area contributed by atoms with Gasteiger partial charge in [-0.15, -0.1) is 0 Å². The Bertz CT molecular complexity index is 432. The van der Waals surface area contributed by atoms with Crippen LogP contribution in [0.5, 0.6) is 11.5 Å². The summed E-state index contributed by atoms with van der Waals surface area (Å²) in [5, 5.41) is 0.355. The Morgan fingerprint density at radius 1 is 1.25 bits per heavy atom. The molecule has 1 rings (SSSR count). The number of rotatable bonds is 9. The first-order valence-corrected chi connectivity index (χ1v) is 6.99. The Balaban J connectivity index is 2.49. The summed E-state index contributed by atoms with van der Waals surface area (Å²) in [6, 6.07) is 3.14. The molecular formula is C15H21ClO4. The summed E-state index contributed by atoms with van der Waals surface area (Å²) in [5.74, 6) is 1.51. The average molecular weight is 301 g/mol. The zero-order valence-electron chi connectivity index (χ0n) is 12.1. The van der Waals surface area contributed by atoms with Crippen molar-refractivity contribution < 1.29 is 19.0 Å². The molecule has 0 saturated carbocycles. The molecule has 0 aliphatic heterocycles. The second kappa shape index (κ2) is 8.82. The lowest BCUT2D eigenvalue weighted by Gasteiger charge is -2.13. The van der Waals surface area contributed by atoms with Gasteiger partial charge >= 0.3 is 0 Å². The summed E-state index contributed by atoms with van der Waals surface area (Å²) in [5.41, 5.74) is 0.451. The minimum Gasteiger partial charge on any atom is -0.493 e. The lowest BCUT2D eigenvalue weighted by Crippen LogP contribution is -2.09. The molecule has 0 aromatic heterocycles. The first-order chi connectivity index (χ1) is 9.58. The summed E-state index contributed by atoms with van der Waals surface area (Å²) in [4.78, 5) is 10.8. The molecule has 0 aliphatic rings. The third-order valence-electron chi connectivity index (χ3n) is 2.70. The van der Waals surface area contributed by atoms with E-state index in [1.54, 1.807) is 12.1 Å². The molecule has 0 heterocycles. The molecule has 4 nitrogen and oxygen atoms in total. The molecule has 1 aromatic rings. The van der Waals surface area contributed by atoms with Gasteiger partial charge in [0.2, 0.25) is 0 Å². The minimum atomic E-state index is 0.355. The van der Waals surface area contributed by atoms with Crippen LogP contribution in [0.1, 0.15) is 30.6 Å². The van der Waals surface area contributed by atoms with Gasteiger partial charge in [-0.2, -0.15) is 0 Å². The Hall–Kier alpha value is -1.26. The Morgan fingerprint density at radius 3 is 2.60 bits per heavy atom. The van der Waals surface area contributed by atoms with Crippen LogP contribution in [0.25, 0.3) is 0 Å². The molecule has 0 amide bonds. The van der Waals surface area contributed by atoms with Crippen LogP contribution in [0.15, 0.2) is 12.1 Å². The number of carbonyl (C=O) groups excluding carboxylic acids is 1. The predicted molar refractivity (Wildman–Crippen MR) is 79.2 cm³/mol. The number of halogens is 1. The lowest BCUT2D eigenvalue weighted by atomic mass is 10.1. The van der Waals surface area contributed by atoms with E-state index in [1.807, 2.05) is 0 Å². The van der Waals surface area contributed by atoms with E-state index >= 15 is 0 Å². The van der Waals surface area contributed by atoms with Crippen molar-refractivity contribution in [3.8, 4) is 11.5 Å². The van der Waals surface area contributed by atoms with Crippen molar-refractivity contribution in [1.82, 2.24) is 0 Å². The fourth-order valence-corrected chi connectivity index (χ4v) is 1.85. The van der Waals surface area contributed by atoms with Crippen LogP contribution in [-0.4, -0.2) is 33.2 Å². The van der Waals surface area contributed by atoms with Gasteiger partial charge in [-0.3, -0.25) is 4.79 Å². The topological polar surface area (TPSA) is 44.8 Å². The van der Waals surface area contributed by atoms with Crippen LogP contribution >= 0.6 is 11.6 Å². The van der Waals surface area contributed by atoms with Crippen LogP contribution in [0.3, 0.4) is 0 Å². The van der Waals surface area contributed by atoms with E-state index in [0.717, 1.165) is 13.0 Å². The lowest BCUT2D eigenvalue weighted by molar-refractivity contribution is 0.0916. The number of carbonyl (C=O) groups is 1. The normalized spacial score (nSPS) is 10.7. The van der Waals surface area contributed by atoms with Crippen LogP contribution in [0.4, 0.5) is 0 Å². The highest BCUT2D eigenvalue weighted by Crippen LogP contribution is 2.35. The quantitative estimate of drug-likeness (QED) is 0.516. The highest BCUT2D eigenvalue weighted by atomic mass is 35.5. The van der Waals surface area contributed by atoms with Gasteiger partial charge in [0.1, 0.15) is 12.9 Å². The summed E-state index contributed by atoms with van der Waals surface area (Å²) in [6.45, 7) is 5.89. The smallest absolute Gasteiger partial charge is 0.179 e. The van der Waals surface area contributed by atoms with Gasteiger partial charge < -0.3 is 14.2 Å². The Labute approximate surface area is 125 Å². The molecule has 1 aromatic carbocycles. The largest absolute Gasteiger partial charge is 0.493 e. The number of hydrogen-bond acceptors (Lipinski definition) is 4. The summed E-state index contributed by atoms with van der Waals surface area (Å²) in [7, 11) is 1.51. The second-order valence-electron chi connectivity index (χ2n) is 4.80. The van der Waals surface area contributed by atoms with E-state index in [1.165, 1.54) is 7.11 Å². The molecule has 0 fully saturated rings. The summed E-state index contributed by atoms with van der Waals surface area (Å²) < 4.78 is 16.2. The van der Waals surface area contributed by atoms with Crippen molar-refractivity contribution in [2.45, 2.75) is 20.3 Å². The maximum atomic E-state index is 10.8. The third kappa shape index (κ3) is 5.39. The molecule has 20 heavy (non-hydrogen) atoms. The maximum absolute atomic E-state index is 10.8. The number of aldehydes is 1. The summed E-state index contributed by atoms with van der Waals surface area (Å²) in [6.07, 6.45) is 1.74. The monoisotopic (exact) mass is 300 g/mol. The van der Waals surface area contributed by atoms with Crippen LogP contribution < -0.4 is 9.47 Å². The number of ether oxygens (including phenoxy) is 3. The fourth-order valence-electron chi connectivity index (χ4n) is 1.57. The molecule has 0 atom stereocenters. The molecule has 0 spiro atoms. The van der Waals surface area contributed by atoms with Gasteiger partial charge in [0.05, 0.1) is 18.7 Å². The molecule has 0 radical (unpaired) electrons. The van der Waals surface area contributed by atoms with E-state index in [2.05, 4.69) is 13.8 Å². The van der Waals surface area contributed by atoms with Crippen molar-refractivity contribution in [3.05, 3.63) is 22.7 Å². The van der Waals surface area contributed by atoms with Crippen molar-refractivity contribution >= 4 is 17.9 Å². The number of hydrogen-bond donors (Lipinski definition) is 0. The molecule has 0 N–H and O–H groups in total. The summed E-state index contributed by atoms with van der Waals surface area (Å²) >= 11 is 6.07. The van der Waals surface area contributed by atoms with Gasteiger partial charge in [-0.05, 0) is 24.5 Å². The van der Waals surface area contributed by atoms with E-state index in [9.17, 15) is 4.79 Å². The molecule has 0 aliphatic carbocycles. The second-order valence-corrected chi connectivity index (χ2v) is 5.20. The van der Waals surface area contributed by atoms with E-state index in [4.69, 9.17) is 25.8 Å². The number of methoxy groups -OCH3 is 1. The van der Waals surface area contributed by atoms with Crippen molar-refractivity contribution in [1.29, 1.82) is 0 Å². The van der Waals surface area contributed by atoms with Gasteiger partial charge in [-0.1, -0.05) is 25.4 Å². The van der Waals surface area contributed by atoms with Gasteiger partial charge in [0.25, 0.3) is 0 Å². The highest BCUT2D eigenvalue weighted by Gasteiger charge is 2.11. The zero-order valence-corrected chi connectivity index (χ0v) is 12.9. The minimum absolute atomic E-state index is 0.355. The van der Waals surface area contributed by atoms with E-state index < -0.39 is 0 Å². The van der Waals surface area contributed by atoms with Crippen molar-refractivity contribution in [2.75, 3.05) is 26.9 Å². The van der Waals surface area contributed by atoms with Gasteiger partial charge in [-0.25, -0.2) is 0 Å². The predicted octanol–water partition coefficient (Wildman–Crippen LogP) is 3.60. The molecule has 0 bridgehead atoms. The van der Waals surface area contributed by atoms with Gasteiger partial charge in [0.15, 0.2) is 11.5 Å². The molecule has 0 saturated heterocycles. The molecular weight excluding hydrogens is 280 g/mol. The van der Waals surface area contributed by atoms with Crippen LogP contribution in [0.2, 0.25) is 5.02 Å². The average Bonchev–Trinajstić information content (AvgIpc) is 2.42. The Kier molecular flexibility index (Phi) is 7.41. The number of benzene rings is 1. The van der Waals surface area contributed by atoms with E-state index in [0.29, 0.717) is 47.5 Å². The third-order valence-corrected chi connectivity index (χ3v) is 2.98.